The zero-order valence-electron chi connectivity index (χ0n) is 8.13. The predicted octanol–water partition coefficient (Wildman–Crippen LogP) is 1.69. The van der Waals surface area contributed by atoms with Crippen LogP contribution in [-0.4, -0.2) is 12.5 Å². The Balaban J connectivity index is 3.11. The molecule has 0 heterocycles. The third-order valence-electron chi connectivity index (χ3n) is 1.99. The van der Waals surface area contributed by atoms with E-state index in [1.807, 2.05) is 6.92 Å². The Bertz CT molecular complexity index is 372. The van der Waals surface area contributed by atoms with Gasteiger partial charge in [-0.1, -0.05) is 31.9 Å². The predicted molar refractivity (Wildman–Crippen MR) is 67.3 cm³/mol. The zero-order chi connectivity index (χ0) is 11.6. The van der Waals surface area contributed by atoms with Crippen LogP contribution in [-0.2, 0) is 4.79 Å². The summed E-state index contributed by atoms with van der Waals surface area (Å²) in [5, 5.41) is 1.04. The maximum Gasteiger partial charge on any atom is 0.254 e. The van der Waals surface area contributed by atoms with E-state index in [1.54, 1.807) is 12.1 Å². The second-order valence-electron chi connectivity index (χ2n) is 3.00. The van der Waals surface area contributed by atoms with Gasteiger partial charge in [-0.2, -0.15) is 0 Å². The van der Waals surface area contributed by atoms with Crippen molar-refractivity contribution < 1.29 is 4.79 Å². The molecule has 6 heteroatoms. The van der Waals surface area contributed by atoms with E-state index in [0.717, 1.165) is 19.5 Å². The number of rotatable bonds is 2. The minimum atomic E-state index is -0.336. The molecule has 0 aromatic heterocycles. The summed E-state index contributed by atoms with van der Waals surface area (Å²) in [6.07, 6.45) is 0. The molecule has 4 nitrogen and oxygen atoms in total. The fourth-order valence-corrected chi connectivity index (χ4v) is 2.18. The van der Waals surface area contributed by atoms with Gasteiger partial charge in [-0.05, 0) is 24.6 Å². The summed E-state index contributed by atoms with van der Waals surface area (Å²) in [5.41, 5.74) is 6.86. The standard InChI is InChI=1S/C9H11Br2N3O/c1-5-7(10)2-6(3-8(5)11)14(13)9(15)4-12/h2-3H,4,12-13H2,1H3. The molecule has 0 aliphatic heterocycles. The first-order valence-corrected chi connectivity index (χ1v) is 5.79. The fourth-order valence-electron chi connectivity index (χ4n) is 1.01. The Kier molecular flexibility index (Phi) is 4.27. The van der Waals surface area contributed by atoms with Crippen LogP contribution in [0, 0.1) is 6.92 Å². The summed E-state index contributed by atoms with van der Waals surface area (Å²) in [5.74, 6) is 5.26. The van der Waals surface area contributed by atoms with Crippen LogP contribution in [0.25, 0.3) is 0 Å². The van der Waals surface area contributed by atoms with Crippen LogP contribution in [0.4, 0.5) is 5.69 Å². The molecule has 0 unspecified atom stereocenters. The van der Waals surface area contributed by atoms with Crippen molar-refractivity contribution in [1.29, 1.82) is 0 Å². The van der Waals surface area contributed by atoms with Crippen molar-refractivity contribution in [2.75, 3.05) is 11.6 Å². The van der Waals surface area contributed by atoms with Gasteiger partial charge >= 0.3 is 0 Å². The third-order valence-corrected chi connectivity index (χ3v) is 3.63. The maximum atomic E-state index is 11.3. The number of benzene rings is 1. The first kappa shape index (κ1) is 12.6. The van der Waals surface area contributed by atoms with Gasteiger partial charge in [0.25, 0.3) is 5.91 Å². The Hall–Kier alpha value is -0.430. The average Bonchev–Trinajstić information content (AvgIpc) is 2.23. The van der Waals surface area contributed by atoms with E-state index in [0.29, 0.717) is 5.69 Å². The van der Waals surface area contributed by atoms with Gasteiger partial charge in [-0.3, -0.25) is 4.79 Å². The summed E-state index contributed by atoms with van der Waals surface area (Å²) < 4.78 is 1.76. The van der Waals surface area contributed by atoms with E-state index in [9.17, 15) is 4.79 Å². The molecule has 0 saturated heterocycles. The number of hydrazine groups is 1. The molecule has 0 fully saturated rings. The number of anilines is 1. The molecule has 0 spiro atoms. The first-order valence-electron chi connectivity index (χ1n) is 4.20. The van der Waals surface area contributed by atoms with Crippen molar-refractivity contribution in [2.24, 2.45) is 11.6 Å². The Morgan fingerprint density at radius 3 is 2.27 bits per heavy atom. The lowest BCUT2D eigenvalue weighted by Crippen LogP contribution is -2.41. The highest BCUT2D eigenvalue weighted by atomic mass is 79.9. The largest absolute Gasteiger partial charge is 0.322 e. The molecule has 1 aromatic rings. The van der Waals surface area contributed by atoms with Crippen LogP contribution < -0.4 is 16.6 Å². The van der Waals surface area contributed by atoms with Crippen LogP contribution in [0.1, 0.15) is 5.56 Å². The highest BCUT2D eigenvalue weighted by Crippen LogP contribution is 2.29. The molecule has 0 aliphatic carbocycles. The molecule has 0 atom stereocenters. The fraction of sp³-hybridized carbons (Fsp3) is 0.222. The molecular weight excluding hydrogens is 326 g/mol. The summed E-state index contributed by atoms with van der Waals surface area (Å²) in [6.45, 7) is 1.84. The van der Waals surface area contributed by atoms with Gasteiger partial charge in [0.2, 0.25) is 0 Å². The molecule has 0 radical (unpaired) electrons. The highest BCUT2D eigenvalue weighted by molar-refractivity contribution is 9.11. The van der Waals surface area contributed by atoms with Crippen LogP contribution in [0.3, 0.4) is 0 Å². The van der Waals surface area contributed by atoms with Gasteiger partial charge in [0, 0.05) is 8.95 Å². The Morgan fingerprint density at radius 2 is 1.87 bits per heavy atom. The summed E-state index contributed by atoms with van der Waals surface area (Å²) in [4.78, 5) is 11.3. The van der Waals surface area contributed by atoms with E-state index < -0.39 is 0 Å². The van der Waals surface area contributed by atoms with Crippen molar-refractivity contribution in [3.63, 3.8) is 0 Å². The molecular formula is C9H11Br2N3O. The first-order chi connectivity index (χ1) is 6.97. The third kappa shape index (κ3) is 2.78. The van der Waals surface area contributed by atoms with E-state index in [2.05, 4.69) is 31.9 Å². The lowest BCUT2D eigenvalue weighted by atomic mass is 10.2. The van der Waals surface area contributed by atoms with Gasteiger partial charge < -0.3 is 5.73 Å². The highest BCUT2D eigenvalue weighted by Gasteiger charge is 2.12. The van der Waals surface area contributed by atoms with Crippen molar-refractivity contribution in [1.82, 2.24) is 0 Å². The van der Waals surface area contributed by atoms with E-state index in [-0.39, 0.29) is 12.5 Å². The van der Waals surface area contributed by atoms with Crippen LogP contribution >= 0.6 is 31.9 Å². The van der Waals surface area contributed by atoms with Crippen molar-refractivity contribution in [3.05, 3.63) is 26.6 Å². The molecule has 1 aromatic carbocycles. The topological polar surface area (TPSA) is 72.3 Å². The number of nitrogens with zero attached hydrogens (tertiary/aromatic N) is 1. The average molecular weight is 337 g/mol. The molecule has 0 saturated carbocycles. The molecule has 0 aliphatic rings. The van der Waals surface area contributed by atoms with E-state index in [4.69, 9.17) is 11.6 Å². The summed E-state index contributed by atoms with van der Waals surface area (Å²) in [6, 6.07) is 3.54. The normalized spacial score (nSPS) is 10.2. The number of amides is 1. The molecule has 1 rings (SSSR count). The monoisotopic (exact) mass is 335 g/mol. The van der Waals surface area contributed by atoms with Gasteiger partial charge in [-0.25, -0.2) is 10.9 Å². The number of nitrogens with two attached hydrogens (primary N) is 2. The van der Waals surface area contributed by atoms with Crippen LogP contribution in [0.15, 0.2) is 21.1 Å². The van der Waals surface area contributed by atoms with Crippen molar-refractivity contribution in [3.8, 4) is 0 Å². The number of hydrogen-bond donors (Lipinski definition) is 2. The summed E-state index contributed by atoms with van der Waals surface area (Å²) >= 11 is 6.76. The Morgan fingerprint density at radius 1 is 1.40 bits per heavy atom. The minimum Gasteiger partial charge on any atom is -0.322 e. The number of hydrogen-bond acceptors (Lipinski definition) is 3. The second kappa shape index (κ2) is 5.07. The van der Waals surface area contributed by atoms with Gasteiger partial charge in [0.05, 0.1) is 12.2 Å². The SMILES string of the molecule is Cc1c(Br)cc(N(N)C(=O)CN)cc1Br. The van der Waals surface area contributed by atoms with Crippen molar-refractivity contribution in [2.45, 2.75) is 6.92 Å². The second-order valence-corrected chi connectivity index (χ2v) is 4.71. The number of halogens is 2. The lowest BCUT2D eigenvalue weighted by Gasteiger charge is -2.17. The molecule has 0 bridgehead atoms. The molecule has 1 amide bonds. The molecule has 82 valence electrons. The lowest BCUT2D eigenvalue weighted by molar-refractivity contribution is -0.117. The maximum absolute atomic E-state index is 11.3. The quantitative estimate of drug-likeness (QED) is 0.490. The van der Waals surface area contributed by atoms with Gasteiger partial charge in [0.1, 0.15) is 0 Å². The number of carbonyl (C=O) groups excluding carboxylic acids is 1. The smallest absolute Gasteiger partial charge is 0.254 e. The van der Waals surface area contributed by atoms with Crippen LogP contribution in [0.5, 0.6) is 0 Å². The number of carbonyl (C=O) groups is 1. The van der Waals surface area contributed by atoms with Gasteiger partial charge in [0.15, 0.2) is 0 Å². The van der Waals surface area contributed by atoms with E-state index in [1.165, 1.54) is 0 Å². The van der Waals surface area contributed by atoms with Crippen LogP contribution in [0.2, 0.25) is 0 Å². The van der Waals surface area contributed by atoms with Crippen molar-refractivity contribution >= 4 is 43.5 Å². The zero-order valence-corrected chi connectivity index (χ0v) is 11.3. The Labute approximate surface area is 105 Å². The van der Waals surface area contributed by atoms with Gasteiger partial charge in [-0.15, -0.1) is 0 Å². The van der Waals surface area contributed by atoms with E-state index >= 15 is 0 Å². The molecule has 4 N–H and O–H groups in total. The minimum absolute atomic E-state index is 0.111. The molecule has 15 heavy (non-hydrogen) atoms. The summed E-state index contributed by atoms with van der Waals surface area (Å²) in [7, 11) is 0.